The van der Waals surface area contributed by atoms with Crippen LogP contribution >= 0.6 is 0 Å². The van der Waals surface area contributed by atoms with Crippen molar-refractivity contribution in [1.29, 1.82) is 0 Å². The Hall–Kier alpha value is -1.65. The van der Waals surface area contributed by atoms with Crippen LogP contribution in [-0.2, 0) is 4.79 Å². The predicted molar refractivity (Wildman–Crippen MR) is 38.3 cm³/mol. The lowest BCUT2D eigenvalue weighted by Gasteiger charge is -2.15. The minimum absolute atomic E-state index is 0.0639. The largest absolute Gasteiger partial charge is 0.466 e. The van der Waals surface area contributed by atoms with Crippen molar-refractivity contribution in [3.63, 3.8) is 0 Å². The van der Waals surface area contributed by atoms with Crippen molar-refractivity contribution in [2.24, 2.45) is 0 Å². The van der Waals surface area contributed by atoms with Gasteiger partial charge in [0.1, 0.15) is 11.5 Å². The smallest absolute Gasteiger partial charge is 0.262 e. The summed E-state index contributed by atoms with van der Waals surface area (Å²) >= 11 is 0. The molecule has 0 saturated carbocycles. The first-order valence-electron chi connectivity index (χ1n) is 3.34. The molecule has 2 rings (SSSR count). The van der Waals surface area contributed by atoms with Crippen LogP contribution in [-0.4, -0.2) is 17.5 Å². The van der Waals surface area contributed by atoms with E-state index in [2.05, 4.69) is 10.3 Å². The topological polar surface area (TPSA) is 51.2 Å². The number of ether oxygens (including phenoxy) is 1. The molecule has 0 unspecified atom stereocenters. The zero-order chi connectivity index (χ0) is 8.55. The van der Waals surface area contributed by atoms with Crippen molar-refractivity contribution in [3.05, 3.63) is 18.1 Å². The number of fused-ring (bicyclic) bond motifs is 1. The zero-order valence-corrected chi connectivity index (χ0v) is 6.00. The molecule has 62 valence electrons. The lowest BCUT2D eigenvalue weighted by molar-refractivity contribution is -0.118. The van der Waals surface area contributed by atoms with Crippen LogP contribution in [0.5, 0.6) is 5.88 Å². The Morgan fingerprint density at radius 2 is 2.50 bits per heavy atom. The van der Waals surface area contributed by atoms with Gasteiger partial charge in [-0.25, -0.2) is 9.37 Å². The first kappa shape index (κ1) is 7.02. The fraction of sp³-hybridized carbons (Fsp3) is 0.143. The molecule has 0 radical (unpaired) electrons. The zero-order valence-electron chi connectivity index (χ0n) is 6.00. The maximum atomic E-state index is 12.6. The normalized spacial score (nSPS) is 14.6. The van der Waals surface area contributed by atoms with Crippen LogP contribution in [0.25, 0.3) is 0 Å². The number of carbonyl (C=O) groups is 1. The lowest BCUT2D eigenvalue weighted by Crippen LogP contribution is -2.26. The summed E-state index contributed by atoms with van der Waals surface area (Å²) in [5.74, 6) is -0.537. The molecule has 2 heterocycles. The number of nitrogens with zero attached hydrogens (tertiary/aromatic N) is 1. The third-order valence-electron chi connectivity index (χ3n) is 1.43. The average Bonchev–Trinajstić information content (AvgIpc) is 2.03. The van der Waals surface area contributed by atoms with Crippen molar-refractivity contribution < 1.29 is 13.9 Å². The summed E-state index contributed by atoms with van der Waals surface area (Å²) in [6.07, 6.45) is 1.04. The van der Waals surface area contributed by atoms with Crippen LogP contribution in [0.1, 0.15) is 0 Å². The molecule has 0 fully saturated rings. The molecule has 0 bridgehead atoms. The van der Waals surface area contributed by atoms with Crippen molar-refractivity contribution in [1.82, 2.24) is 4.98 Å². The van der Waals surface area contributed by atoms with E-state index < -0.39 is 5.82 Å². The van der Waals surface area contributed by atoms with E-state index in [0.29, 0.717) is 0 Å². The first-order valence-corrected chi connectivity index (χ1v) is 3.34. The van der Waals surface area contributed by atoms with Gasteiger partial charge >= 0.3 is 0 Å². The van der Waals surface area contributed by atoms with E-state index in [4.69, 9.17) is 4.74 Å². The lowest BCUT2D eigenvalue weighted by atomic mass is 10.3. The second kappa shape index (κ2) is 2.44. The van der Waals surface area contributed by atoms with Gasteiger partial charge in [0.25, 0.3) is 5.91 Å². The highest BCUT2D eigenvalue weighted by Gasteiger charge is 2.16. The molecule has 1 aromatic heterocycles. The van der Waals surface area contributed by atoms with E-state index in [1.165, 1.54) is 6.07 Å². The van der Waals surface area contributed by atoms with E-state index in [1.54, 1.807) is 0 Å². The Morgan fingerprint density at radius 3 is 3.33 bits per heavy atom. The van der Waals surface area contributed by atoms with Crippen LogP contribution in [0.3, 0.4) is 0 Å². The van der Waals surface area contributed by atoms with Gasteiger partial charge in [-0.15, -0.1) is 0 Å². The monoisotopic (exact) mass is 168 g/mol. The molecule has 12 heavy (non-hydrogen) atoms. The van der Waals surface area contributed by atoms with Crippen molar-refractivity contribution >= 4 is 11.6 Å². The van der Waals surface area contributed by atoms with E-state index in [1.807, 2.05) is 0 Å². The Kier molecular flexibility index (Phi) is 1.43. The van der Waals surface area contributed by atoms with Gasteiger partial charge in [-0.1, -0.05) is 0 Å². The first-order chi connectivity index (χ1) is 5.75. The van der Waals surface area contributed by atoms with Gasteiger partial charge in [-0.2, -0.15) is 0 Å². The molecule has 1 aromatic rings. The van der Waals surface area contributed by atoms with Crippen molar-refractivity contribution in [2.75, 3.05) is 11.9 Å². The van der Waals surface area contributed by atoms with E-state index in [0.717, 1.165) is 6.20 Å². The summed E-state index contributed by atoms with van der Waals surface area (Å²) in [6, 6.07) is 1.17. The summed E-state index contributed by atoms with van der Waals surface area (Å²) in [5, 5.41) is 2.43. The summed E-state index contributed by atoms with van der Waals surface area (Å²) in [5.41, 5.74) is 0.284. The number of pyridine rings is 1. The molecule has 1 amide bonds. The molecular weight excluding hydrogens is 163 g/mol. The number of anilines is 1. The molecule has 5 heteroatoms. The van der Waals surface area contributed by atoms with Crippen LogP contribution in [0.15, 0.2) is 12.3 Å². The van der Waals surface area contributed by atoms with E-state index in [-0.39, 0.29) is 24.1 Å². The number of hydrogen-bond acceptors (Lipinski definition) is 3. The van der Waals surface area contributed by atoms with E-state index >= 15 is 0 Å². The molecule has 4 nitrogen and oxygen atoms in total. The summed E-state index contributed by atoms with van der Waals surface area (Å²) in [7, 11) is 0. The van der Waals surface area contributed by atoms with Gasteiger partial charge in [0.05, 0.1) is 6.20 Å². The third-order valence-corrected chi connectivity index (χ3v) is 1.43. The molecule has 0 spiro atoms. The number of hydrogen-bond donors (Lipinski definition) is 1. The van der Waals surface area contributed by atoms with Crippen molar-refractivity contribution in [3.8, 4) is 5.88 Å². The minimum atomic E-state index is -0.500. The molecule has 0 aliphatic carbocycles. The summed E-state index contributed by atoms with van der Waals surface area (Å²) < 4.78 is 17.5. The number of carbonyl (C=O) groups excluding carboxylic acids is 1. The van der Waals surface area contributed by atoms with Crippen LogP contribution in [0.4, 0.5) is 10.1 Å². The van der Waals surface area contributed by atoms with Crippen LogP contribution < -0.4 is 10.1 Å². The quantitative estimate of drug-likeness (QED) is 0.615. The maximum Gasteiger partial charge on any atom is 0.262 e. The summed E-state index contributed by atoms with van der Waals surface area (Å²) in [6.45, 7) is -0.0639. The number of nitrogens with one attached hydrogen (secondary N) is 1. The van der Waals surface area contributed by atoms with Crippen molar-refractivity contribution in [2.45, 2.75) is 0 Å². The second-order valence-electron chi connectivity index (χ2n) is 2.34. The number of halogens is 1. The van der Waals surface area contributed by atoms with Gasteiger partial charge in [0.2, 0.25) is 5.88 Å². The summed E-state index contributed by atoms with van der Waals surface area (Å²) in [4.78, 5) is 14.4. The van der Waals surface area contributed by atoms with Gasteiger partial charge in [-0.05, 0) is 0 Å². The van der Waals surface area contributed by atoms with E-state index in [9.17, 15) is 9.18 Å². The van der Waals surface area contributed by atoms with Crippen LogP contribution in [0, 0.1) is 5.82 Å². The second-order valence-corrected chi connectivity index (χ2v) is 2.34. The molecule has 1 aliphatic rings. The fourth-order valence-electron chi connectivity index (χ4n) is 0.951. The van der Waals surface area contributed by atoms with Gasteiger partial charge < -0.3 is 10.1 Å². The highest BCUT2D eigenvalue weighted by Crippen LogP contribution is 2.24. The van der Waals surface area contributed by atoms with Gasteiger partial charge in [-0.3, -0.25) is 4.79 Å². The highest BCUT2D eigenvalue weighted by atomic mass is 19.1. The molecule has 1 N–H and O–H groups in total. The minimum Gasteiger partial charge on any atom is -0.466 e. The third kappa shape index (κ3) is 1.09. The molecule has 0 saturated heterocycles. The molecule has 1 aliphatic heterocycles. The average molecular weight is 168 g/mol. The Labute approximate surface area is 67.4 Å². The molecular formula is C7H5FN2O2. The number of aromatic nitrogens is 1. The fourth-order valence-corrected chi connectivity index (χ4v) is 0.951. The molecule has 0 aromatic carbocycles. The number of rotatable bonds is 0. The molecule has 0 atom stereocenters. The predicted octanol–water partition coefficient (Wildman–Crippen LogP) is 0.552. The van der Waals surface area contributed by atoms with Crippen LogP contribution in [0.2, 0.25) is 0 Å². The standard InChI is InChI=1S/C7H5FN2O2/c8-4-1-5-7(9-2-4)12-3-6(11)10-5/h1-2H,3H2,(H,10,11). The SMILES string of the molecule is O=C1COc2ncc(F)cc2N1. The van der Waals surface area contributed by atoms with Gasteiger partial charge in [0, 0.05) is 6.07 Å². The Morgan fingerprint density at radius 1 is 1.67 bits per heavy atom. The maximum absolute atomic E-state index is 12.6. The highest BCUT2D eigenvalue weighted by molar-refractivity contribution is 5.94. The van der Waals surface area contributed by atoms with Gasteiger partial charge in [0.15, 0.2) is 6.61 Å². The number of amides is 1. The Bertz CT molecular complexity index is 340. The Balaban J connectivity index is 2.44.